The van der Waals surface area contributed by atoms with Crippen LogP contribution in [-0.4, -0.2) is 93.7 Å². The van der Waals surface area contributed by atoms with Gasteiger partial charge in [0.05, 0.1) is 28.1 Å². The van der Waals surface area contributed by atoms with Crippen LogP contribution in [0.15, 0.2) is 82.8 Å². The van der Waals surface area contributed by atoms with Crippen molar-refractivity contribution in [3.63, 3.8) is 0 Å². The predicted octanol–water partition coefficient (Wildman–Crippen LogP) is 7.23. The number of aromatic nitrogens is 5. The molecular formula is C49H49N7O9. The van der Waals surface area contributed by atoms with Crippen molar-refractivity contribution in [1.82, 2.24) is 29.2 Å². The number of aryl methyl sites for hydroxylation is 2. The molecule has 10 rings (SSSR count). The average molecular weight is 880 g/mol. The third-order valence-corrected chi connectivity index (χ3v) is 13.7. The maximum absolute atomic E-state index is 14.2. The molecule has 3 aromatic heterocycles. The van der Waals surface area contributed by atoms with E-state index >= 15 is 0 Å². The molecular weight excluding hydrogens is 831 g/mol. The second-order valence-corrected chi connectivity index (χ2v) is 17.7. The number of ether oxygens (including phenoxy) is 2. The van der Waals surface area contributed by atoms with E-state index in [1.165, 1.54) is 10.6 Å². The van der Waals surface area contributed by atoms with E-state index in [0.717, 1.165) is 47.7 Å². The monoisotopic (exact) mass is 879 g/mol. The maximum Gasteiger partial charge on any atom is 0.411 e. The molecule has 5 N–H and O–H groups in total. The number of Topliss-reactive ketones (excluding diaryl/α,β-unsaturated/α-hetero) is 1. The number of aromatic amines is 1. The lowest BCUT2D eigenvalue weighted by atomic mass is 9.77. The second kappa shape index (κ2) is 15.7. The van der Waals surface area contributed by atoms with Crippen LogP contribution < -0.4 is 11.0 Å². The van der Waals surface area contributed by atoms with Crippen molar-refractivity contribution in [2.24, 2.45) is 5.92 Å². The number of benzene rings is 3. The molecule has 6 heterocycles. The van der Waals surface area contributed by atoms with E-state index in [2.05, 4.69) is 20.1 Å². The van der Waals surface area contributed by atoms with Crippen LogP contribution in [0.3, 0.4) is 0 Å². The molecule has 1 unspecified atom stereocenters. The normalized spacial score (nSPS) is 19.6. The van der Waals surface area contributed by atoms with Gasteiger partial charge in [-0.15, -0.1) is 0 Å². The number of anilines is 1. The van der Waals surface area contributed by atoms with E-state index in [9.17, 15) is 34.5 Å². The molecule has 16 nitrogen and oxygen atoms in total. The minimum Gasteiger partial charge on any atom is -0.508 e. The Morgan fingerprint density at radius 2 is 1.80 bits per heavy atom. The Hall–Kier alpha value is -7.36. The summed E-state index contributed by atoms with van der Waals surface area (Å²) >= 11 is 0. The molecule has 2 atom stereocenters. The number of phenols is 3. The Morgan fingerprint density at radius 3 is 2.55 bits per heavy atom. The molecule has 6 aromatic rings. The number of nitrogens with zero attached hydrogens (tertiary/aromatic N) is 5. The minimum absolute atomic E-state index is 0.0289. The number of H-pyrrole nitrogens is 1. The van der Waals surface area contributed by atoms with Crippen LogP contribution in [0.2, 0.25) is 0 Å². The lowest BCUT2D eigenvalue weighted by Crippen LogP contribution is -2.54. The van der Waals surface area contributed by atoms with Crippen LogP contribution in [0, 0.1) is 5.92 Å². The van der Waals surface area contributed by atoms with Gasteiger partial charge in [0, 0.05) is 64.9 Å². The minimum atomic E-state index is -1.82. The lowest BCUT2D eigenvalue weighted by Gasteiger charge is -2.40. The number of cyclic esters (lactones) is 1. The highest BCUT2D eigenvalue weighted by Gasteiger charge is 2.54. The number of amides is 1. The summed E-state index contributed by atoms with van der Waals surface area (Å²) in [7, 11) is 0. The zero-order valence-corrected chi connectivity index (χ0v) is 36.5. The van der Waals surface area contributed by atoms with Crippen LogP contribution in [0.25, 0.3) is 44.5 Å². The van der Waals surface area contributed by atoms with E-state index in [1.54, 1.807) is 42.2 Å². The van der Waals surface area contributed by atoms with Gasteiger partial charge in [0.15, 0.2) is 11.6 Å². The molecule has 4 aliphatic rings. The van der Waals surface area contributed by atoms with Crippen molar-refractivity contribution in [1.29, 1.82) is 0 Å². The number of pyridine rings is 1. The first-order valence-electron chi connectivity index (χ1n) is 22.2. The fraction of sp³-hybridized carbons (Fsp3) is 0.347. The molecule has 1 aliphatic carbocycles. The first-order valence-corrected chi connectivity index (χ1v) is 22.2. The standard InChI is InChI=1S/C49H49N7O9/c1-5-30-32-20-29(57)8-9-37(32)50-42-34-22-36-35(44(60)43(34)51-41(30)42)24-64-46(61)49(36,6-2)65-48(63)55-16-12-26(13-17-55)11-15-54-18-14-27-19-28(7-10-38(27)54)56-45(52-53-47(56)62)33-21-31(25(3)4)39(58)23-40(33)59/h7-10,14,18-23,25-26,43,51,57-59H,5-6,11-13,15-17,24H2,1-4H3,(H,53,62)/t43?,49-/m0/s1. The molecule has 0 bridgehead atoms. The van der Waals surface area contributed by atoms with Crippen LogP contribution in [0.5, 0.6) is 17.2 Å². The van der Waals surface area contributed by atoms with Gasteiger partial charge in [-0.1, -0.05) is 27.7 Å². The number of hydrogen-bond acceptors (Lipinski definition) is 12. The Kier molecular flexibility index (Phi) is 10.1. The van der Waals surface area contributed by atoms with Crippen molar-refractivity contribution in [2.75, 3.05) is 25.0 Å². The zero-order valence-electron chi connectivity index (χ0n) is 36.5. The Labute approximate surface area is 372 Å². The molecule has 65 heavy (non-hydrogen) atoms. The van der Waals surface area contributed by atoms with E-state index in [-0.39, 0.29) is 53.4 Å². The van der Waals surface area contributed by atoms with Crippen LogP contribution in [-0.2, 0) is 32.0 Å². The van der Waals surface area contributed by atoms with Crippen molar-refractivity contribution in [3.05, 3.63) is 105 Å². The molecule has 3 aliphatic heterocycles. The SMILES string of the molecule is CCc1c2c(nc3ccc(O)cc13)C1=CC3=C(COC(=O)[C@@]3(CC)OC(=O)N3CCC(CCn4ccc5cc(-n6c(-c7cc(C(C)C)c(O)cc7O)n[nH]c6=O)ccc54)CC3)C(=O)C1N2. The van der Waals surface area contributed by atoms with Crippen molar-refractivity contribution >= 4 is 50.9 Å². The number of aromatic hydroxyl groups is 3. The van der Waals surface area contributed by atoms with Crippen LogP contribution >= 0.6 is 0 Å². The van der Waals surface area contributed by atoms with Crippen molar-refractivity contribution < 1.29 is 39.2 Å². The van der Waals surface area contributed by atoms with E-state index in [1.807, 2.05) is 51.2 Å². The first-order chi connectivity index (χ1) is 31.3. The first kappa shape index (κ1) is 41.6. The molecule has 1 saturated heterocycles. The molecule has 0 spiro atoms. The van der Waals surface area contributed by atoms with Gasteiger partial charge in [-0.3, -0.25) is 4.79 Å². The summed E-state index contributed by atoms with van der Waals surface area (Å²) in [5.74, 6) is -0.574. The molecule has 0 radical (unpaired) electrons. The number of carbonyl (C=O) groups excluding carboxylic acids is 3. The van der Waals surface area contributed by atoms with Gasteiger partial charge < -0.3 is 39.6 Å². The van der Waals surface area contributed by atoms with E-state index < -0.39 is 29.4 Å². The molecule has 1 amide bonds. The highest BCUT2D eigenvalue weighted by Crippen LogP contribution is 2.48. The van der Waals surface area contributed by atoms with Crippen LogP contribution in [0.1, 0.15) is 76.1 Å². The van der Waals surface area contributed by atoms with E-state index in [4.69, 9.17) is 14.5 Å². The predicted molar refractivity (Wildman–Crippen MR) is 242 cm³/mol. The number of likely N-dealkylation sites (tertiary alicyclic amines) is 1. The molecule has 1 fully saturated rings. The number of esters is 1. The number of fused-ring (bicyclic) bond motifs is 5. The van der Waals surface area contributed by atoms with Gasteiger partial charge in [-0.05, 0) is 110 Å². The third-order valence-electron chi connectivity index (χ3n) is 13.7. The van der Waals surface area contributed by atoms with Gasteiger partial charge in [-0.25, -0.2) is 29.0 Å². The Morgan fingerprint density at radius 1 is 1.00 bits per heavy atom. The molecule has 0 saturated carbocycles. The van der Waals surface area contributed by atoms with E-state index in [0.29, 0.717) is 70.3 Å². The second-order valence-electron chi connectivity index (χ2n) is 17.7. The molecule has 334 valence electrons. The van der Waals surface area contributed by atoms with Gasteiger partial charge >= 0.3 is 17.8 Å². The number of nitrogens with one attached hydrogen (secondary N) is 2. The molecule has 16 heteroatoms. The average Bonchev–Trinajstić information content (AvgIpc) is 4.00. The smallest absolute Gasteiger partial charge is 0.411 e. The number of rotatable bonds is 9. The largest absolute Gasteiger partial charge is 0.508 e. The zero-order chi connectivity index (χ0) is 45.5. The maximum atomic E-state index is 14.2. The lowest BCUT2D eigenvalue weighted by molar-refractivity contribution is -0.164. The highest BCUT2D eigenvalue weighted by molar-refractivity contribution is 6.18. The topological polar surface area (TPSA) is 214 Å². The summed E-state index contributed by atoms with van der Waals surface area (Å²) < 4.78 is 15.4. The van der Waals surface area contributed by atoms with Crippen LogP contribution in [0.4, 0.5) is 10.5 Å². The summed E-state index contributed by atoms with van der Waals surface area (Å²) in [6.45, 7) is 8.96. The fourth-order valence-electron chi connectivity index (χ4n) is 10.1. The Balaban J connectivity index is 0.824. The highest BCUT2D eigenvalue weighted by atomic mass is 16.6. The summed E-state index contributed by atoms with van der Waals surface area (Å²) in [5.41, 5.74) is 4.30. The summed E-state index contributed by atoms with van der Waals surface area (Å²) in [4.78, 5) is 61.5. The number of piperidine rings is 1. The number of carbonyl (C=O) groups is 3. The van der Waals surface area contributed by atoms with Crippen molar-refractivity contribution in [2.45, 2.75) is 83.9 Å². The van der Waals surface area contributed by atoms with Crippen molar-refractivity contribution in [3.8, 4) is 34.3 Å². The van der Waals surface area contributed by atoms with Gasteiger partial charge in [0.1, 0.15) is 29.9 Å². The number of phenolic OH excluding ortho intramolecular Hbond substituents is 3. The Bertz CT molecular complexity index is 3110. The number of ketones is 1. The summed E-state index contributed by atoms with van der Waals surface area (Å²) in [6, 6.07) is 14.8. The van der Waals surface area contributed by atoms with Gasteiger partial charge in [0.2, 0.25) is 5.60 Å². The quantitative estimate of drug-likeness (QED) is 0.0910. The third kappa shape index (κ3) is 6.72. The fourth-order valence-corrected chi connectivity index (χ4v) is 10.1. The number of hydrogen-bond donors (Lipinski definition) is 5. The van der Waals surface area contributed by atoms with Gasteiger partial charge in [-0.2, -0.15) is 5.10 Å². The van der Waals surface area contributed by atoms with Gasteiger partial charge in [0.25, 0.3) is 0 Å². The summed E-state index contributed by atoms with van der Waals surface area (Å²) in [6.07, 6.45) is 6.16. The summed E-state index contributed by atoms with van der Waals surface area (Å²) in [5, 5.41) is 43.2. The molecule has 3 aromatic carbocycles.